The topological polar surface area (TPSA) is 107 Å². The van der Waals surface area contributed by atoms with Gasteiger partial charge in [-0.25, -0.2) is 0 Å². The van der Waals surface area contributed by atoms with Crippen LogP contribution in [0.5, 0.6) is 5.75 Å². The van der Waals surface area contributed by atoms with Crippen molar-refractivity contribution in [3.8, 4) is 5.75 Å². The van der Waals surface area contributed by atoms with Gasteiger partial charge < -0.3 is 15.8 Å². The lowest BCUT2D eigenvalue weighted by atomic mass is 10.0. The van der Waals surface area contributed by atoms with Crippen molar-refractivity contribution in [1.82, 2.24) is 5.32 Å². The smallest absolute Gasteiger partial charge is 0.311 e. The van der Waals surface area contributed by atoms with E-state index in [1.165, 1.54) is 25.3 Å². The molecule has 0 aliphatic carbocycles. The molecule has 1 aromatic carbocycles. The molecule has 0 aromatic heterocycles. The number of methoxy groups -OCH3 is 1. The SMILES string of the molecule is COc1c(C(=O)NC(CN)C(C)C)cccc1[N+](=O)[O-]. The number of nitro groups is 1. The van der Waals surface area contributed by atoms with Crippen LogP contribution >= 0.6 is 0 Å². The second kappa shape index (κ2) is 6.85. The number of ether oxygens (including phenoxy) is 1. The average molecular weight is 281 g/mol. The van der Waals surface area contributed by atoms with Crippen LogP contribution in [0.1, 0.15) is 24.2 Å². The predicted octanol–water partition coefficient (Wildman–Crippen LogP) is 1.32. The minimum Gasteiger partial charge on any atom is -0.490 e. The van der Waals surface area contributed by atoms with E-state index in [2.05, 4.69) is 5.32 Å². The Labute approximate surface area is 117 Å². The van der Waals surface area contributed by atoms with Crippen molar-refractivity contribution < 1.29 is 14.5 Å². The first-order chi connectivity index (χ1) is 9.42. The summed E-state index contributed by atoms with van der Waals surface area (Å²) in [6, 6.07) is 4.02. The van der Waals surface area contributed by atoms with Crippen LogP contribution in [-0.2, 0) is 0 Å². The predicted molar refractivity (Wildman–Crippen MR) is 74.8 cm³/mol. The van der Waals surface area contributed by atoms with Crippen LogP contribution < -0.4 is 15.8 Å². The Morgan fingerprint density at radius 3 is 2.60 bits per heavy atom. The molecule has 0 saturated carbocycles. The number of amides is 1. The normalized spacial score (nSPS) is 12.1. The second-order valence-corrected chi connectivity index (χ2v) is 4.67. The van der Waals surface area contributed by atoms with Crippen LogP contribution in [0, 0.1) is 16.0 Å². The summed E-state index contributed by atoms with van der Waals surface area (Å²) in [4.78, 5) is 22.5. The number of nitrogens with one attached hydrogen (secondary N) is 1. The van der Waals surface area contributed by atoms with E-state index in [9.17, 15) is 14.9 Å². The van der Waals surface area contributed by atoms with Crippen LogP contribution in [0.15, 0.2) is 18.2 Å². The number of carbonyl (C=O) groups is 1. The van der Waals surface area contributed by atoms with Crippen molar-refractivity contribution in [2.45, 2.75) is 19.9 Å². The first-order valence-corrected chi connectivity index (χ1v) is 6.24. The lowest BCUT2D eigenvalue weighted by molar-refractivity contribution is -0.385. The second-order valence-electron chi connectivity index (χ2n) is 4.67. The molecule has 0 heterocycles. The van der Waals surface area contributed by atoms with Gasteiger partial charge in [0, 0.05) is 18.7 Å². The maximum Gasteiger partial charge on any atom is 0.311 e. The summed E-state index contributed by atoms with van der Waals surface area (Å²) in [5, 5.41) is 13.7. The van der Waals surface area contributed by atoms with Crippen LogP contribution in [0.4, 0.5) is 5.69 Å². The quantitative estimate of drug-likeness (QED) is 0.604. The summed E-state index contributed by atoms with van der Waals surface area (Å²) in [5.74, 6) is -0.321. The molecule has 1 aromatic rings. The molecular formula is C13H19N3O4. The molecule has 110 valence electrons. The molecule has 0 spiro atoms. The molecule has 7 heteroatoms. The Kier molecular flexibility index (Phi) is 5.45. The van der Waals surface area contributed by atoms with Gasteiger partial charge in [-0.15, -0.1) is 0 Å². The van der Waals surface area contributed by atoms with Crippen molar-refractivity contribution in [3.63, 3.8) is 0 Å². The van der Waals surface area contributed by atoms with Gasteiger partial charge in [-0.1, -0.05) is 19.9 Å². The van der Waals surface area contributed by atoms with Gasteiger partial charge in [0.2, 0.25) is 5.75 Å². The molecule has 0 aliphatic rings. The van der Waals surface area contributed by atoms with Crippen LogP contribution in [0.25, 0.3) is 0 Å². The minimum absolute atomic E-state index is 0.0467. The third-order valence-corrected chi connectivity index (χ3v) is 3.01. The zero-order chi connectivity index (χ0) is 15.3. The van der Waals surface area contributed by atoms with E-state index >= 15 is 0 Å². The fourth-order valence-electron chi connectivity index (χ4n) is 1.81. The summed E-state index contributed by atoms with van der Waals surface area (Å²) in [6.07, 6.45) is 0. The van der Waals surface area contributed by atoms with Gasteiger partial charge in [-0.3, -0.25) is 14.9 Å². The maximum atomic E-state index is 12.2. The van der Waals surface area contributed by atoms with Gasteiger partial charge in [-0.2, -0.15) is 0 Å². The highest BCUT2D eigenvalue weighted by atomic mass is 16.6. The Morgan fingerprint density at radius 1 is 1.50 bits per heavy atom. The molecule has 0 saturated heterocycles. The van der Waals surface area contributed by atoms with E-state index in [-0.39, 0.29) is 29.0 Å². The maximum absolute atomic E-state index is 12.2. The molecule has 0 fully saturated rings. The fraction of sp³-hybridized carbons (Fsp3) is 0.462. The lowest BCUT2D eigenvalue weighted by Crippen LogP contribution is -2.43. The first kappa shape index (κ1) is 15.9. The summed E-state index contributed by atoms with van der Waals surface area (Å²) < 4.78 is 5.00. The summed E-state index contributed by atoms with van der Waals surface area (Å²) in [6.45, 7) is 4.16. The zero-order valence-corrected chi connectivity index (χ0v) is 11.8. The number of nitro benzene ring substituents is 1. The number of para-hydroxylation sites is 1. The summed E-state index contributed by atoms with van der Waals surface area (Å²) >= 11 is 0. The van der Waals surface area contributed by atoms with Crippen molar-refractivity contribution in [3.05, 3.63) is 33.9 Å². The molecule has 20 heavy (non-hydrogen) atoms. The van der Waals surface area contributed by atoms with Crippen molar-refractivity contribution in [1.29, 1.82) is 0 Å². The monoisotopic (exact) mass is 281 g/mol. The summed E-state index contributed by atoms with van der Waals surface area (Å²) in [5.41, 5.74) is 5.48. The van der Waals surface area contributed by atoms with Crippen molar-refractivity contribution in [2.75, 3.05) is 13.7 Å². The minimum atomic E-state index is -0.585. The highest BCUT2D eigenvalue weighted by Gasteiger charge is 2.24. The molecule has 1 rings (SSSR count). The van der Waals surface area contributed by atoms with Gasteiger partial charge in [0.1, 0.15) is 0 Å². The van der Waals surface area contributed by atoms with E-state index < -0.39 is 10.8 Å². The third kappa shape index (κ3) is 3.45. The first-order valence-electron chi connectivity index (χ1n) is 6.24. The van der Waals surface area contributed by atoms with Crippen LogP contribution in [0.2, 0.25) is 0 Å². The zero-order valence-electron chi connectivity index (χ0n) is 11.8. The highest BCUT2D eigenvalue weighted by Crippen LogP contribution is 2.30. The molecule has 1 atom stereocenters. The largest absolute Gasteiger partial charge is 0.490 e. The highest BCUT2D eigenvalue weighted by molar-refractivity contribution is 5.98. The van der Waals surface area contributed by atoms with E-state index in [1.54, 1.807) is 0 Å². The number of rotatable bonds is 6. The molecule has 0 aliphatic heterocycles. The molecule has 0 bridgehead atoms. The Bertz CT molecular complexity index is 502. The molecule has 3 N–H and O–H groups in total. The van der Waals surface area contributed by atoms with Gasteiger partial charge in [-0.05, 0) is 12.0 Å². The van der Waals surface area contributed by atoms with Crippen molar-refractivity contribution in [2.24, 2.45) is 11.7 Å². The van der Waals surface area contributed by atoms with E-state index in [4.69, 9.17) is 10.5 Å². The van der Waals surface area contributed by atoms with E-state index in [0.717, 1.165) is 0 Å². The molecule has 1 amide bonds. The van der Waals surface area contributed by atoms with Gasteiger partial charge in [0.25, 0.3) is 5.91 Å². The standard InChI is InChI=1S/C13H19N3O4/c1-8(2)10(7-14)15-13(17)9-5-4-6-11(16(18)19)12(9)20-3/h4-6,8,10H,7,14H2,1-3H3,(H,15,17). The van der Waals surface area contributed by atoms with Gasteiger partial charge in [0.05, 0.1) is 17.6 Å². The average Bonchev–Trinajstić information content (AvgIpc) is 2.42. The Hall–Kier alpha value is -2.15. The molecular weight excluding hydrogens is 262 g/mol. The summed E-state index contributed by atoms with van der Waals surface area (Å²) in [7, 11) is 1.29. The fourth-order valence-corrected chi connectivity index (χ4v) is 1.81. The molecule has 7 nitrogen and oxygen atoms in total. The Morgan fingerprint density at radius 2 is 2.15 bits per heavy atom. The van der Waals surface area contributed by atoms with Gasteiger partial charge >= 0.3 is 5.69 Å². The number of nitrogens with two attached hydrogens (primary N) is 1. The number of nitrogens with zero attached hydrogens (tertiary/aromatic N) is 1. The number of carbonyl (C=O) groups excluding carboxylic acids is 1. The Balaban J connectivity index is 3.10. The molecule has 0 radical (unpaired) electrons. The number of hydrogen-bond donors (Lipinski definition) is 2. The van der Waals surface area contributed by atoms with Crippen LogP contribution in [0.3, 0.4) is 0 Å². The van der Waals surface area contributed by atoms with Crippen molar-refractivity contribution >= 4 is 11.6 Å². The third-order valence-electron chi connectivity index (χ3n) is 3.01. The number of benzene rings is 1. The van der Waals surface area contributed by atoms with E-state index in [0.29, 0.717) is 6.54 Å². The van der Waals surface area contributed by atoms with Crippen LogP contribution in [-0.4, -0.2) is 30.5 Å². The van der Waals surface area contributed by atoms with E-state index in [1.807, 2.05) is 13.8 Å². The lowest BCUT2D eigenvalue weighted by Gasteiger charge is -2.21. The molecule has 1 unspecified atom stereocenters. The number of hydrogen-bond acceptors (Lipinski definition) is 5. The van der Waals surface area contributed by atoms with Gasteiger partial charge in [0.15, 0.2) is 0 Å².